The van der Waals surface area contributed by atoms with Crippen LogP contribution in [-0.4, -0.2) is 176 Å². The number of hydrogen-bond acceptors (Lipinski definition) is 18. The summed E-state index contributed by atoms with van der Waals surface area (Å²) in [5.41, 5.74) is 0. The van der Waals surface area contributed by atoms with Gasteiger partial charge >= 0.3 is 18.2 Å². The zero-order chi connectivity index (χ0) is 53.0. The fraction of sp³-hybridized carbons (Fsp3) is 0.635. The van der Waals surface area contributed by atoms with Gasteiger partial charge in [0.25, 0.3) is 0 Å². The van der Waals surface area contributed by atoms with E-state index in [2.05, 4.69) is 17.2 Å². The number of esters is 1. The van der Waals surface area contributed by atoms with Gasteiger partial charge in [-0.2, -0.15) is 0 Å². The van der Waals surface area contributed by atoms with Crippen LogP contribution in [0.25, 0.3) is 0 Å². The fourth-order valence-corrected chi connectivity index (χ4v) is 8.88. The van der Waals surface area contributed by atoms with Crippen LogP contribution in [0, 0.1) is 11.8 Å². The third-order valence-electron chi connectivity index (χ3n) is 13.2. The Kier molecular flexibility index (Phi) is 25.0. The number of methoxy groups -OCH3 is 1. The van der Waals surface area contributed by atoms with Crippen LogP contribution in [0.15, 0.2) is 97.7 Å². The Labute approximate surface area is 422 Å². The van der Waals surface area contributed by atoms with Crippen LogP contribution in [0.5, 0.6) is 0 Å². The first kappa shape index (κ1) is 60.0. The molecule has 20 nitrogen and oxygen atoms in total. The van der Waals surface area contributed by atoms with Crippen LogP contribution in [0.4, 0.5) is 9.59 Å². The molecule has 0 aromatic rings. The molecule has 0 spiro atoms. The molecule has 3 fully saturated rings. The lowest BCUT2D eigenvalue weighted by atomic mass is 9.87. The SMILES string of the molecule is C=CCOC(=O)N[C@@H]1[C@H](O)[C@H](O[C@H]2/C=C/C=C/C=C/C=C/C=C/C=C/C=C/[C@H](C)[C@@H](O)[C@@H](C)[C@H](C)OC(=O)C[C@H](O)C[C@H](O)CC[C@@H](O)[C@H](O)C[C@H](O)C[C@]3(OC)C[C@@H]4OC(=O)N[C@H]4[C@H](C2)O3)O[C@H](C)[C@H]1O. The molecule has 20 heteroatoms. The number of carbonyl (C=O) groups excluding carboxylic acids is 3. The monoisotopic (exact) mass is 1020 g/mol. The summed E-state index contributed by atoms with van der Waals surface area (Å²) in [6.07, 6.45) is 7.01. The highest BCUT2D eigenvalue weighted by molar-refractivity contribution is 5.71. The number of aliphatic hydroxyl groups excluding tert-OH is 8. The molecule has 0 aliphatic carbocycles. The molecule has 0 aromatic heterocycles. The van der Waals surface area contributed by atoms with E-state index >= 15 is 0 Å². The first-order chi connectivity index (χ1) is 34.3. The quantitative estimate of drug-likeness (QED) is 0.104. The Morgan fingerprint density at radius 1 is 0.736 bits per heavy atom. The Morgan fingerprint density at radius 3 is 1.99 bits per heavy atom. The number of nitrogens with one attached hydrogen (secondary N) is 2. The summed E-state index contributed by atoms with van der Waals surface area (Å²) in [4.78, 5) is 37.9. The number of amides is 2. The van der Waals surface area contributed by atoms with Crippen molar-refractivity contribution >= 4 is 18.2 Å². The molecule has 0 radical (unpaired) electrons. The summed E-state index contributed by atoms with van der Waals surface area (Å²) >= 11 is 0. The van der Waals surface area contributed by atoms with Crippen LogP contribution in [-0.2, 0) is 38.0 Å². The Balaban J connectivity index is 1.59. The maximum Gasteiger partial charge on any atom is 0.407 e. The van der Waals surface area contributed by atoms with Gasteiger partial charge < -0.3 is 84.6 Å². The summed E-state index contributed by atoms with van der Waals surface area (Å²) in [5, 5.41) is 92.9. The van der Waals surface area contributed by atoms with Crippen molar-refractivity contribution in [2.45, 2.75) is 183 Å². The summed E-state index contributed by atoms with van der Waals surface area (Å²) in [5.74, 6) is -3.04. The third kappa shape index (κ3) is 19.1. The lowest BCUT2D eigenvalue weighted by Gasteiger charge is -2.46. The lowest BCUT2D eigenvalue weighted by Crippen LogP contribution is -2.64. The molecule has 0 unspecified atom stereocenters. The van der Waals surface area contributed by atoms with Crippen LogP contribution >= 0.6 is 0 Å². The van der Waals surface area contributed by atoms with Crippen molar-refractivity contribution in [3.63, 3.8) is 0 Å². The number of allylic oxidation sites excluding steroid dienone is 12. The summed E-state index contributed by atoms with van der Waals surface area (Å²) in [6.45, 7) is 10.2. The molecule has 0 aromatic carbocycles. The summed E-state index contributed by atoms with van der Waals surface area (Å²) in [6, 6.07) is -2.01. The molecule has 2 bridgehead atoms. The zero-order valence-corrected chi connectivity index (χ0v) is 41.8. The van der Waals surface area contributed by atoms with E-state index < -0.39 is 134 Å². The fourth-order valence-electron chi connectivity index (χ4n) is 8.88. The highest BCUT2D eigenvalue weighted by Gasteiger charge is 2.54. The summed E-state index contributed by atoms with van der Waals surface area (Å²) < 4.78 is 40.9. The minimum Gasteiger partial charge on any atom is -0.462 e. The number of hydrogen-bond donors (Lipinski definition) is 10. The Hall–Kier alpha value is -4.55. The first-order valence-corrected chi connectivity index (χ1v) is 24.6. The highest BCUT2D eigenvalue weighted by Crippen LogP contribution is 2.40. The zero-order valence-electron chi connectivity index (χ0n) is 41.8. The predicted octanol–water partition coefficient (Wildman–Crippen LogP) is 2.73. The topological polar surface area (TPSA) is 302 Å². The molecule has 404 valence electrons. The second-order valence-electron chi connectivity index (χ2n) is 18.9. The van der Waals surface area contributed by atoms with Gasteiger partial charge in [-0.1, -0.05) is 112 Å². The number of alkyl carbamates (subject to hydrolysis) is 2. The van der Waals surface area contributed by atoms with Crippen LogP contribution in [0.2, 0.25) is 0 Å². The third-order valence-corrected chi connectivity index (χ3v) is 13.2. The average molecular weight is 1020 g/mol. The van der Waals surface area contributed by atoms with E-state index in [1.54, 1.807) is 56.4 Å². The minimum atomic E-state index is -1.60. The molecular formula is C52H78N2O18. The molecule has 4 heterocycles. The molecule has 2 amide bonds. The summed E-state index contributed by atoms with van der Waals surface area (Å²) in [7, 11) is 1.35. The van der Waals surface area contributed by atoms with E-state index in [9.17, 15) is 55.2 Å². The van der Waals surface area contributed by atoms with Crippen molar-refractivity contribution in [1.29, 1.82) is 0 Å². The van der Waals surface area contributed by atoms with Gasteiger partial charge in [0.1, 0.15) is 31.0 Å². The smallest absolute Gasteiger partial charge is 0.407 e. The standard InChI is InChI=1S/C52H78N2O18/c1-7-24-67-50(64)54-45-47(62)34(5)69-49(48(45)63)70-38-21-19-17-15-13-11-9-8-10-12-14-16-18-20-31(2)46(61)32(3)33(4)68-43(60)27-36(56)25-35(55)22-23-39(58)40(59)26-37(57)29-52(66-6)30-42-44(41(28-38)72-52)53-51(65)71-42/h7-21,31-42,44-49,55-59,61-63H,1,22-30H2,2-6H3,(H,53,65)(H,54,64)/b9-8+,12-10+,13-11+,16-14+,17-15+,20-18+,21-19+/t31-,32-,33-,34+,35+,36+,37-,38-,39+,40+,41-,42-,44-,45-,46+,47+,48-,49-,52+/m0/s1. The van der Waals surface area contributed by atoms with E-state index in [0.29, 0.717) is 0 Å². The van der Waals surface area contributed by atoms with Gasteiger partial charge in [-0.3, -0.25) is 4.79 Å². The van der Waals surface area contributed by atoms with Gasteiger partial charge in [-0.25, -0.2) is 9.59 Å². The molecule has 72 heavy (non-hydrogen) atoms. The molecule has 10 N–H and O–H groups in total. The van der Waals surface area contributed by atoms with Gasteiger partial charge in [0.2, 0.25) is 0 Å². The van der Waals surface area contributed by atoms with Crippen LogP contribution < -0.4 is 10.6 Å². The van der Waals surface area contributed by atoms with Gasteiger partial charge in [0.05, 0.1) is 73.4 Å². The largest absolute Gasteiger partial charge is 0.462 e. The van der Waals surface area contributed by atoms with Crippen molar-refractivity contribution in [3.8, 4) is 0 Å². The van der Waals surface area contributed by atoms with E-state index in [1.807, 2.05) is 49.5 Å². The number of carbonyl (C=O) groups is 3. The molecule has 19 atom stereocenters. The second-order valence-corrected chi connectivity index (χ2v) is 18.9. The maximum atomic E-state index is 12.7. The molecule has 3 saturated heterocycles. The number of ether oxygens (including phenoxy) is 7. The normalized spacial score (nSPS) is 42.6. The molecule has 0 saturated carbocycles. The van der Waals surface area contributed by atoms with Crippen molar-refractivity contribution in [3.05, 3.63) is 97.7 Å². The number of aliphatic hydroxyl groups is 8. The second kappa shape index (κ2) is 30.0. The van der Waals surface area contributed by atoms with Crippen LogP contribution in [0.1, 0.15) is 79.1 Å². The van der Waals surface area contributed by atoms with Crippen molar-refractivity contribution in [1.82, 2.24) is 10.6 Å². The van der Waals surface area contributed by atoms with E-state index in [4.69, 9.17) is 33.2 Å². The van der Waals surface area contributed by atoms with Crippen molar-refractivity contribution in [2.24, 2.45) is 11.8 Å². The number of fused-ring (bicyclic) bond motifs is 4. The van der Waals surface area contributed by atoms with Crippen molar-refractivity contribution in [2.75, 3.05) is 13.7 Å². The van der Waals surface area contributed by atoms with E-state index in [1.165, 1.54) is 20.1 Å². The number of rotatable bonds is 6. The molecule has 4 rings (SSSR count). The Bertz CT molecular complexity index is 1920. The van der Waals surface area contributed by atoms with Gasteiger partial charge in [-0.05, 0) is 33.1 Å². The predicted molar refractivity (Wildman–Crippen MR) is 262 cm³/mol. The highest BCUT2D eigenvalue weighted by atomic mass is 16.7. The Morgan fingerprint density at radius 2 is 1.36 bits per heavy atom. The first-order valence-electron chi connectivity index (χ1n) is 24.6. The van der Waals surface area contributed by atoms with E-state index in [0.717, 1.165) is 0 Å². The molecule has 4 aliphatic rings. The van der Waals surface area contributed by atoms with E-state index in [-0.39, 0.29) is 57.5 Å². The number of cyclic esters (lactones) is 1. The van der Waals surface area contributed by atoms with Gasteiger partial charge in [0.15, 0.2) is 12.1 Å². The van der Waals surface area contributed by atoms with Gasteiger partial charge in [0, 0.05) is 44.6 Å². The molecule has 4 aliphatic heterocycles. The maximum absolute atomic E-state index is 12.7. The lowest BCUT2D eigenvalue weighted by molar-refractivity contribution is -0.307. The van der Waals surface area contributed by atoms with Crippen LogP contribution in [0.3, 0.4) is 0 Å². The van der Waals surface area contributed by atoms with Crippen molar-refractivity contribution < 1.29 is 88.4 Å². The minimum absolute atomic E-state index is 0.0344. The molecular weight excluding hydrogens is 941 g/mol. The average Bonchev–Trinajstić information content (AvgIpc) is 3.71. The van der Waals surface area contributed by atoms with Gasteiger partial charge in [-0.15, -0.1) is 0 Å².